The first-order valence-electron chi connectivity index (χ1n) is 7.44. The summed E-state index contributed by atoms with van der Waals surface area (Å²) >= 11 is 1.87. The maximum atomic E-state index is 6.32. The molecule has 2 heterocycles. The van der Waals surface area contributed by atoms with Crippen LogP contribution >= 0.6 is 11.3 Å². The lowest BCUT2D eigenvalue weighted by Gasteiger charge is -2.23. The van der Waals surface area contributed by atoms with Crippen LogP contribution in [0.5, 0.6) is 0 Å². The van der Waals surface area contributed by atoms with Crippen molar-refractivity contribution in [2.45, 2.75) is 70.4 Å². The van der Waals surface area contributed by atoms with Crippen molar-refractivity contribution in [3.63, 3.8) is 0 Å². The molecule has 2 N–H and O–H groups in total. The summed E-state index contributed by atoms with van der Waals surface area (Å²) in [6.45, 7) is 7.70. The molecule has 0 aromatic carbocycles. The van der Waals surface area contributed by atoms with Gasteiger partial charge in [-0.15, -0.1) is 11.3 Å². The average Bonchev–Trinajstić information content (AvgIpc) is 2.87. The predicted molar refractivity (Wildman–Crippen MR) is 82.8 cm³/mol. The van der Waals surface area contributed by atoms with Crippen molar-refractivity contribution in [1.29, 1.82) is 0 Å². The summed E-state index contributed by atoms with van der Waals surface area (Å²) in [4.78, 5) is 2.74. The Labute approximate surface area is 121 Å². The molecule has 1 aliphatic rings. The molecule has 0 amide bonds. The van der Waals surface area contributed by atoms with Crippen molar-refractivity contribution in [3.05, 3.63) is 21.9 Å². The van der Waals surface area contributed by atoms with Gasteiger partial charge in [-0.1, -0.05) is 20.8 Å². The fourth-order valence-corrected chi connectivity index (χ4v) is 3.60. The summed E-state index contributed by atoms with van der Waals surface area (Å²) in [6, 6.07) is 4.61. The smallest absolute Gasteiger partial charge is 0.0575 e. The van der Waals surface area contributed by atoms with Crippen LogP contribution in [0.3, 0.4) is 0 Å². The van der Waals surface area contributed by atoms with Crippen LogP contribution in [0.4, 0.5) is 0 Å². The Kier molecular flexibility index (Phi) is 5.04. The third kappa shape index (κ3) is 4.30. The molecule has 1 aliphatic heterocycles. The van der Waals surface area contributed by atoms with E-state index in [1.54, 1.807) is 0 Å². The highest BCUT2D eigenvalue weighted by molar-refractivity contribution is 7.12. The van der Waals surface area contributed by atoms with Gasteiger partial charge in [0.15, 0.2) is 0 Å². The lowest BCUT2D eigenvalue weighted by Crippen LogP contribution is -2.21. The van der Waals surface area contributed by atoms with Crippen LogP contribution in [0.2, 0.25) is 0 Å². The van der Waals surface area contributed by atoms with Crippen molar-refractivity contribution in [2.24, 2.45) is 5.73 Å². The van der Waals surface area contributed by atoms with Crippen LogP contribution in [0.1, 0.15) is 68.7 Å². The molecular weight excluding hydrogens is 254 g/mol. The van der Waals surface area contributed by atoms with Crippen LogP contribution in [0.15, 0.2) is 12.1 Å². The SMILES string of the molecule is CC(C)(C)c1ccc(C(N)CCC2CCCCO2)s1. The van der Waals surface area contributed by atoms with Crippen molar-refractivity contribution >= 4 is 11.3 Å². The fourth-order valence-electron chi connectivity index (χ4n) is 2.50. The molecule has 2 unspecified atom stereocenters. The summed E-state index contributed by atoms with van der Waals surface area (Å²) in [7, 11) is 0. The van der Waals surface area contributed by atoms with Gasteiger partial charge in [0.25, 0.3) is 0 Å². The van der Waals surface area contributed by atoms with Crippen molar-refractivity contribution in [3.8, 4) is 0 Å². The summed E-state index contributed by atoms with van der Waals surface area (Å²) in [5, 5.41) is 0. The Morgan fingerprint density at radius 3 is 2.74 bits per heavy atom. The Hall–Kier alpha value is -0.380. The van der Waals surface area contributed by atoms with Gasteiger partial charge >= 0.3 is 0 Å². The first-order valence-corrected chi connectivity index (χ1v) is 8.26. The molecule has 0 spiro atoms. The van der Waals surface area contributed by atoms with Gasteiger partial charge in [-0.25, -0.2) is 0 Å². The minimum absolute atomic E-state index is 0.173. The van der Waals surface area contributed by atoms with E-state index in [4.69, 9.17) is 10.5 Å². The maximum Gasteiger partial charge on any atom is 0.0575 e. The normalized spacial score (nSPS) is 22.4. The Morgan fingerprint density at radius 2 is 2.16 bits per heavy atom. The fraction of sp³-hybridized carbons (Fsp3) is 0.750. The highest BCUT2D eigenvalue weighted by Gasteiger charge is 2.20. The third-order valence-corrected chi connectivity index (χ3v) is 5.45. The van der Waals surface area contributed by atoms with E-state index in [9.17, 15) is 0 Å². The van der Waals surface area contributed by atoms with E-state index >= 15 is 0 Å². The Balaban J connectivity index is 1.85. The molecular formula is C16H27NOS. The van der Waals surface area contributed by atoms with Gasteiger partial charge in [-0.3, -0.25) is 0 Å². The van der Waals surface area contributed by atoms with Gasteiger partial charge in [0.2, 0.25) is 0 Å². The van der Waals surface area contributed by atoms with E-state index in [0.717, 1.165) is 19.4 Å². The number of nitrogens with two attached hydrogens (primary N) is 1. The van der Waals surface area contributed by atoms with Crippen LogP contribution in [0.25, 0.3) is 0 Å². The predicted octanol–water partition coefficient (Wildman–Crippen LogP) is 4.39. The molecule has 2 rings (SSSR count). The second-order valence-corrected chi connectivity index (χ2v) is 7.74. The standard InChI is InChI=1S/C16H27NOS/c1-16(2,3)15-10-9-14(19-15)13(17)8-7-12-6-4-5-11-18-12/h9-10,12-13H,4-8,11,17H2,1-3H3. The lowest BCUT2D eigenvalue weighted by atomic mass is 9.95. The van der Waals surface area contributed by atoms with Gasteiger partial charge in [0, 0.05) is 22.4 Å². The largest absolute Gasteiger partial charge is 0.378 e. The minimum atomic E-state index is 0.173. The second-order valence-electron chi connectivity index (χ2n) is 6.62. The van der Waals surface area contributed by atoms with Gasteiger partial charge in [0.1, 0.15) is 0 Å². The molecule has 2 atom stereocenters. The van der Waals surface area contributed by atoms with Crippen molar-refractivity contribution < 1.29 is 4.74 Å². The zero-order chi connectivity index (χ0) is 13.9. The average molecular weight is 281 g/mol. The van der Waals surface area contributed by atoms with Gasteiger partial charge in [-0.2, -0.15) is 0 Å². The van der Waals surface area contributed by atoms with E-state index in [-0.39, 0.29) is 11.5 Å². The lowest BCUT2D eigenvalue weighted by molar-refractivity contribution is 0.00917. The molecule has 0 bridgehead atoms. The summed E-state index contributed by atoms with van der Waals surface area (Å²) in [5.41, 5.74) is 6.55. The number of ether oxygens (including phenoxy) is 1. The number of hydrogen-bond acceptors (Lipinski definition) is 3. The van der Waals surface area contributed by atoms with E-state index in [2.05, 4.69) is 32.9 Å². The van der Waals surface area contributed by atoms with Crippen LogP contribution in [-0.2, 0) is 10.2 Å². The number of rotatable bonds is 4. The molecule has 19 heavy (non-hydrogen) atoms. The van der Waals surface area contributed by atoms with Gasteiger partial charge < -0.3 is 10.5 Å². The van der Waals surface area contributed by atoms with Crippen molar-refractivity contribution in [1.82, 2.24) is 0 Å². The molecule has 1 aromatic rings. The molecule has 2 nitrogen and oxygen atoms in total. The molecule has 1 aromatic heterocycles. The quantitative estimate of drug-likeness (QED) is 0.888. The first-order chi connectivity index (χ1) is 8.97. The molecule has 0 radical (unpaired) electrons. The Bertz CT molecular complexity index is 388. The molecule has 0 saturated carbocycles. The number of thiophene rings is 1. The topological polar surface area (TPSA) is 35.2 Å². The van der Waals surface area contributed by atoms with Crippen LogP contribution in [-0.4, -0.2) is 12.7 Å². The molecule has 1 saturated heterocycles. The molecule has 3 heteroatoms. The summed E-state index contributed by atoms with van der Waals surface area (Å²) < 4.78 is 5.77. The first kappa shape index (κ1) is 15.0. The second kappa shape index (κ2) is 6.38. The highest BCUT2D eigenvalue weighted by Crippen LogP contribution is 2.33. The summed E-state index contributed by atoms with van der Waals surface area (Å²) in [6.07, 6.45) is 6.33. The van der Waals surface area contributed by atoms with Crippen LogP contribution in [0, 0.1) is 0 Å². The van der Waals surface area contributed by atoms with Crippen molar-refractivity contribution in [2.75, 3.05) is 6.61 Å². The van der Waals surface area contributed by atoms with Gasteiger partial charge in [-0.05, 0) is 49.7 Å². The van der Waals surface area contributed by atoms with E-state index in [1.807, 2.05) is 11.3 Å². The Morgan fingerprint density at radius 1 is 1.37 bits per heavy atom. The van der Waals surface area contributed by atoms with E-state index in [0.29, 0.717) is 6.10 Å². The highest BCUT2D eigenvalue weighted by atomic mass is 32.1. The zero-order valence-corrected chi connectivity index (χ0v) is 13.3. The number of hydrogen-bond donors (Lipinski definition) is 1. The monoisotopic (exact) mass is 281 g/mol. The van der Waals surface area contributed by atoms with Crippen LogP contribution < -0.4 is 5.73 Å². The third-order valence-electron chi connectivity index (χ3n) is 3.81. The zero-order valence-electron chi connectivity index (χ0n) is 12.4. The maximum absolute atomic E-state index is 6.32. The molecule has 108 valence electrons. The molecule has 1 fully saturated rings. The van der Waals surface area contributed by atoms with Gasteiger partial charge in [0.05, 0.1) is 6.10 Å². The minimum Gasteiger partial charge on any atom is -0.378 e. The van der Waals surface area contributed by atoms with E-state index in [1.165, 1.54) is 29.0 Å². The summed E-state index contributed by atoms with van der Waals surface area (Å²) in [5.74, 6) is 0. The van der Waals surface area contributed by atoms with E-state index < -0.39 is 0 Å². The molecule has 0 aliphatic carbocycles.